The van der Waals surface area contributed by atoms with Gasteiger partial charge < -0.3 is 4.57 Å². The third kappa shape index (κ3) is 3.09. The predicted molar refractivity (Wildman–Crippen MR) is 113 cm³/mol. The van der Waals surface area contributed by atoms with Crippen molar-refractivity contribution in [3.05, 3.63) is 91.8 Å². The summed E-state index contributed by atoms with van der Waals surface area (Å²) in [6.07, 6.45) is 3.31. The largest absolute Gasteiger partial charge is 0.337 e. The molecule has 0 amide bonds. The van der Waals surface area contributed by atoms with Crippen LogP contribution in [-0.4, -0.2) is 18.7 Å². The Balaban J connectivity index is 1.77. The van der Waals surface area contributed by atoms with Crippen LogP contribution in [0.2, 0.25) is 5.02 Å². The minimum absolute atomic E-state index is 0.0365. The van der Waals surface area contributed by atoms with E-state index >= 15 is 0 Å². The maximum absolute atomic E-state index is 13.3. The van der Waals surface area contributed by atoms with Gasteiger partial charge in [0.1, 0.15) is 0 Å². The summed E-state index contributed by atoms with van der Waals surface area (Å²) in [6, 6.07) is 15.1. The maximum atomic E-state index is 13.3. The van der Waals surface area contributed by atoms with Crippen LogP contribution in [0.5, 0.6) is 0 Å². The summed E-state index contributed by atoms with van der Waals surface area (Å²) in [5.74, 6) is 0. The van der Waals surface area contributed by atoms with Crippen molar-refractivity contribution in [3.63, 3.8) is 0 Å². The van der Waals surface area contributed by atoms with Gasteiger partial charge in [0.05, 0.1) is 12.0 Å². The van der Waals surface area contributed by atoms with Gasteiger partial charge in [-0.05, 0) is 49.6 Å². The Morgan fingerprint density at radius 1 is 1.10 bits per heavy atom. The molecule has 0 saturated heterocycles. The summed E-state index contributed by atoms with van der Waals surface area (Å²) in [7, 11) is 0. The van der Waals surface area contributed by atoms with E-state index < -0.39 is 0 Å². The third-order valence-electron chi connectivity index (χ3n) is 5.30. The number of nitrogens with zero attached hydrogens (tertiary/aromatic N) is 4. The minimum Gasteiger partial charge on any atom is -0.320 e. The second-order valence-electron chi connectivity index (χ2n) is 7.53. The monoisotopic (exact) mass is 406 g/mol. The Bertz CT molecular complexity index is 1340. The van der Waals surface area contributed by atoms with Crippen LogP contribution in [-0.2, 0) is 6.54 Å². The molecule has 1 saturated carbocycles. The number of hydrogen-bond donors (Lipinski definition) is 0. The van der Waals surface area contributed by atoms with Crippen LogP contribution < -0.4 is 11.2 Å². The average molecular weight is 407 g/mol. The molecule has 4 aromatic rings. The molecule has 6 nitrogen and oxygen atoms in total. The normalized spacial score (nSPS) is 13.9. The number of halogens is 1. The van der Waals surface area contributed by atoms with Crippen LogP contribution in [0.1, 0.15) is 30.0 Å². The lowest BCUT2D eigenvalue weighted by Crippen LogP contribution is -2.39. The summed E-state index contributed by atoms with van der Waals surface area (Å²) in [6.45, 7) is 2.44. The Labute approximate surface area is 171 Å². The Morgan fingerprint density at radius 2 is 1.86 bits per heavy atom. The van der Waals surface area contributed by atoms with Crippen LogP contribution in [0.3, 0.4) is 0 Å². The van der Waals surface area contributed by atoms with E-state index in [4.69, 9.17) is 11.6 Å². The Hall–Kier alpha value is -3.12. The van der Waals surface area contributed by atoms with Gasteiger partial charge in [0.15, 0.2) is 11.2 Å². The fourth-order valence-electron chi connectivity index (χ4n) is 3.69. The van der Waals surface area contributed by atoms with E-state index in [1.54, 1.807) is 15.5 Å². The van der Waals surface area contributed by atoms with Gasteiger partial charge in [0, 0.05) is 17.6 Å². The van der Waals surface area contributed by atoms with Gasteiger partial charge in [-0.15, -0.1) is 0 Å². The lowest BCUT2D eigenvalue weighted by molar-refractivity contribution is 0.639. The molecule has 0 spiro atoms. The molecule has 1 aliphatic rings. The molecular formula is C22H19ClN4O2. The second-order valence-corrected chi connectivity index (χ2v) is 7.97. The molecule has 0 bridgehead atoms. The van der Waals surface area contributed by atoms with Crippen molar-refractivity contribution in [2.75, 3.05) is 0 Å². The number of aromatic nitrogens is 4. The SMILES string of the molecule is Cc1ccc(-n2c(=O)n(C3CC3)c(=O)c3c2ncn3Cc2cccc(Cl)c2)cc1. The first-order chi connectivity index (χ1) is 14.0. The van der Waals surface area contributed by atoms with Crippen molar-refractivity contribution in [1.82, 2.24) is 18.7 Å². The van der Waals surface area contributed by atoms with Gasteiger partial charge in [-0.1, -0.05) is 41.4 Å². The van der Waals surface area contributed by atoms with E-state index in [9.17, 15) is 9.59 Å². The topological polar surface area (TPSA) is 61.8 Å². The highest BCUT2D eigenvalue weighted by Gasteiger charge is 2.30. The zero-order chi connectivity index (χ0) is 20.1. The molecule has 1 fully saturated rings. The highest BCUT2D eigenvalue weighted by molar-refractivity contribution is 6.30. The number of fused-ring (bicyclic) bond motifs is 1. The molecule has 0 radical (unpaired) electrons. The first kappa shape index (κ1) is 17.9. The van der Waals surface area contributed by atoms with E-state index in [2.05, 4.69) is 4.98 Å². The van der Waals surface area contributed by atoms with E-state index in [-0.39, 0.29) is 17.3 Å². The van der Waals surface area contributed by atoms with Crippen molar-refractivity contribution >= 4 is 22.8 Å². The molecule has 0 aliphatic heterocycles. The molecule has 2 aromatic carbocycles. The van der Waals surface area contributed by atoms with Crippen molar-refractivity contribution < 1.29 is 0 Å². The fraction of sp³-hybridized carbons (Fsp3) is 0.227. The quantitative estimate of drug-likeness (QED) is 0.519. The van der Waals surface area contributed by atoms with E-state index in [0.29, 0.717) is 28.4 Å². The van der Waals surface area contributed by atoms with Gasteiger partial charge in [0.25, 0.3) is 5.56 Å². The lowest BCUT2D eigenvalue weighted by atomic mass is 10.2. The Kier molecular flexibility index (Phi) is 4.17. The standard InChI is InChI=1S/C22H19ClN4O2/c1-14-5-7-17(8-6-14)26-20-19(21(28)27(22(26)29)18-9-10-18)25(13-24-20)12-15-3-2-4-16(23)11-15/h2-8,11,13,18H,9-10,12H2,1H3. The summed E-state index contributed by atoms with van der Waals surface area (Å²) in [4.78, 5) is 31.0. The molecule has 7 heteroatoms. The van der Waals surface area contributed by atoms with E-state index in [1.165, 1.54) is 4.57 Å². The number of imidazole rings is 1. The van der Waals surface area contributed by atoms with Crippen molar-refractivity contribution in [3.8, 4) is 5.69 Å². The van der Waals surface area contributed by atoms with Crippen LogP contribution >= 0.6 is 11.6 Å². The minimum atomic E-state index is -0.332. The molecule has 0 atom stereocenters. The summed E-state index contributed by atoms with van der Waals surface area (Å²) >= 11 is 6.11. The molecule has 2 heterocycles. The number of benzene rings is 2. The molecule has 0 unspecified atom stereocenters. The number of hydrogen-bond acceptors (Lipinski definition) is 3. The van der Waals surface area contributed by atoms with E-state index in [1.807, 2.05) is 55.5 Å². The van der Waals surface area contributed by atoms with Crippen LogP contribution in [0.4, 0.5) is 0 Å². The van der Waals surface area contributed by atoms with Crippen molar-refractivity contribution in [2.45, 2.75) is 32.4 Å². The van der Waals surface area contributed by atoms with Crippen molar-refractivity contribution in [1.29, 1.82) is 0 Å². The molecule has 146 valence electrons. The van der Waals surface area contributed by atoms with Gasteiger partial charge in [0.2, 0.25) is 0 Å². The maximum Gasteiger partial charge on any atom is 0.337 e. The second kappa shape index (κ2) is 6.74. The van der Waals surface area contributed by atoms with Crippen LogP contribution in [0, 0.1) is 6.92 Å². The zero-order valence-corrected chi connectivity index (χ0v) is 16.6. The number of aryl methyl sites for hydroxylation is 1. The zero-order valence-electron chi connectivity index (χ0n) is 15.9. The average Bonchev–Trinajstić information content (AvgIpc) is 3.44. The first-order valence-electron chi connectivity index (χ1n) is 9.57. The molecule has 2 aromatic heterocycles. The van der Waals surface area contributed by atoms with Gasteiger partial charge in [-0.25, -0.2) is 14.3 Å². The van der Waals surface area contributed by atoms with Crippen LogP contribution in [0.25, 0.3) is 16.9 Å². The fourth-order valence-corrected chi connectivity index (χ4v) is 3.90. The molecule has 1 aliphatic carbocycles. The van der Waals surface area contributed by atoms with Crippen molar-refractivity contribution in [2.24, 2.45) is 0 Å². The molecule has 0 N–H and O–H groups in total. The van der Waals surface area contributed by atoms with Gasteiger partial charge in [-0.2, -0.15) is 0 Å². The molecule has 5 rings (SSSR count). The first-order valence-corrected chi connectivity index (χ1v) is 9.94. The highest BCUT2D eigenvalue weighted by atomic mass is 35.5. The van der Waals surface area contributed by atoms with E-state index in [0.717, 1.165) is 24.0 Å². The Morgan fingerprint density at radius 3 is 2.55 bits per heavy atom. The summed E-state index contributed by atoms with van der Waals surface area (Å²) < 4.78 is 4.73. The van der Waals surface area contributed by atoms with Crippen LogP contribution in [0.15, 0.2) is 64.4 Å². The third-order valence-corrected chi connectivity index (χ3v) is 5.53. The smallest absolute Gasteiger partial charge is 0.320 e. The summed E-state index contributed by atoms with van der Waals surface area (Å²) in [5.41, 5.74) is 2.95. The highest BCUT2D eigenvalue weighted by Crippen LogP contribution is 2.32. The lowest BCUT2D eigenvalue weighted by Gasteiger charge is -2.12. The molecular weight excluding hydrogens is 388 g/mol. The van der Waals surface area contributed by atoms with Gasteiger partial charge >= 0.3 is 5.69 Å². The summed E-state index contributed by atoms with van der Waals surface area (Å²) in [5, 5.41) is 0.638. The predicted octanol–water partition coefficient (Wildman–Crippen LogP) is 3.69. The number of rotatable bonds is 4. The molecule has 29 heavy (non-hydrogen) atoms. The van der Waals surface area contributed by atoms with Gasteiger partial charge in [-0.3, -0.25) is 9.36 Å².